The van der Waals surface area contributed by atoms with Crippen LogP contribution in [0.15, 0.2) is 54.6 Å². The molecule has 2 aromatic carbocycles. The molecule has 0 aliphatic rings. The number of amides is 1. The molecule has 0 saturated heterocycles. The molecule has 19 heavy (non-hydrogen) atoms. The second-order valence-electron chi connectivity index (χ2n) is 4.13. The zero-order valence-electron chi connectivity index (χ0n) is 10.2. The fourth-order valence-corrected chi connectivity index (χ4v) is 1.79. The summed E-state index contributed by atoms with van der Waals surface area (Å²) in [5.74, 6) is -0.879. The van der Waals surface area contributed by atoms with E-state index >= 15 is 0 Å². The smallest absolute Gasteiger partial charge is 0.251 e. The Kier molecular flexibility index (Phi) is 4.26. The molecule has 0 heterocycles. The Morgan fingerprint density at radius 2 is 1.89 bits per heavy atom. The summed E-state index contributed by atoms with van der Waals surface area (Å²) < 4.78 is 13.0. The number of benzene rings is 2. The zero-order chi connectivity index (χ0) is 13.7. The lowest BCUT2D eigenvalue weighted by Crippen LogP contribution is -2.30. The van der Waals surface area contributed by atoms with Crippen LogP contribution in [0.2, 0.25) is 0 Å². The first-order valence-electron chi connectivity index (χ1n) is 5.93. The number of hydrogen-bond acceptors (Lipinski definition) is 2. The van der Waals surface area contributed by atoms with Crippen molar-refractivity contribution in [2.75, 3.05) is 6.61 Å². The summed E-state index contributed by atoms with van der Waals surface area (Å²) in [4.78, 5) is 12.0. The van der Waals surface area contributed by atoms with Gasteiger partial charge in [0, 0.05) is 5.56 Å². The quantitative estimate of drug-likeness (QED) is 0.885. The molecule has 2 rings (SSSR count). The molecule has 0 spiro atoms. The van der Waals surface area contributed by atoms with Crippen molar-refractivity contribution in [3.8, 4) is 0 Å². The Hall–Kier alpha value is -2.20. The Bertz CT molecular complexity index is 557. The topological polar surface area (TPSA) is 49.3 Å². The van der Waals surface area contributed by atoms with Crippen LogP contribution in [0.5, 0.6) is 0 Å². The van der Waals surface area contributed by atoms with Gasteiger partial charge in [-0.1, -0.05) is 36.4 Å². The summed E-state index contributed by atoms with van der Waals surface area (Å²) in [6.07, 6.45) is 0. The van der Waals surface area contributed by atoms with Crippen LogP contribution >= 0.6 is 0 Å². The summed E-state index contributed by atoms with van der Waals surface area (Å²) in [5.41, 5.74) is 1.03. The van der Waals surface area contributed by atoms with Crippen LogP contribution in [-0.4, -0.2) is 17.6 Å². The number of nitrogens with one attached hydrogen (secondary N) is 1. The third-order valence-corrected chi connectivity index (χ3v) is 2.78. The molecule has 98 valence electrons. The predicted molar refractivity (Wildman–Crippen MR) is 70.1 cm³/mol. The predicted octanol–water partition coefficient (Wildman–Crippen LogP) is 2.29. The van der Waals surface area contributed by atoms with Gasteiger partial charge in [-0.3, -0.25) is 4.79 Å². The number of rotatable bonds is 4. The Morgan fingerprint density at radius 1 is 1.16 bits per heavy atom. The molecule has 0 aliphatic carbocycles. The largest absolute Gasteiger partial charge is 0.394 e. The van der Waals surface area contributed by atoms with Gasteiger partial charge in [0.25, 0.3) is 5.91 Å². The van der Waals surface area contributed by atoms with Crippen molar-refractivity contribution in [1.82, 2.24) is 5.32 Å². The van der Waals surface area contributed by atoms with Gasteiger partial charge < -0.3 is 10.4 Å². The number of carbonyl (C=O) groups excluding carboxylic acids is 1. The van der Waals surface area contributed by atoms with Gasteiger partial charge in [-0.05, 0) is 23.8 Å². The second-order valence-corrected chi connectivity index (χ2v) is 4.13. The van der Waals surface area contributed by atoms with E-state index in [9.17, 15) is 14.3 Å². The second kappa shape index (κ2) is 6.11. The molecule has 4 heteroatoms. The molecule has 1 amide bonds. The molecule has 0 fully saturated rings. The van der Waals surface area contributed by atoms with Crippen molar-refractivity contribution in [3.05, 3.63) is 71.5 Å². The molecule has 0 saturated carbocycles. The van der Waals surface area contributed by atoms with E-state index in [1.165, 1.54) is 18.2 Å². The van der Waals surface area contributed by atoms with E-state index in [0.717, 1.165) is 11.6 Å². The molecule has 2 N–H and O–H groups in total. The number of carbonyl (C=O) groups is 1. The van der Waals surface area contributed by atoms with Crippen molar-refractivity contribution < 1.29 is 14.3 Å². The minimum atomic E-state index is -0.503. The van der Waals surface area contributed by atoms with E-state index in [-0.39, 0.29) is 12.2 Å². The molecule has 0 aromatic heterocycles. The molecule has 3 nitrogen and oxygen atoms in total. The van der Waals surface area contributed by atoms with Crippen LogP contribution in [0.1, 0.15) is 22.0 Å². The minimum absolute atomic E-state index is 0.217. The highest BCUT2D eigenvalue weighted by Gasteiger charge is 2.14. The van der Waals surface area contributed by atoms with Crippen molar-refractivity contribution in [2.24, 2.45) is 0 Å². The number of hydrogen-bond donors (Lipinski definition) is 2. The zero-order valence-corrected chi connectivity index (χ0v) is 10.2. The lowest BCUT2D eigenvalue weighted by molar-refractivity contribution is 0.0915. The maximum atomic E-state index is 13.0. The van der Waals surface area contributed by atoms with E-state index in [2.05, 4.69) is 5.32 Å². The monoisotopic (exact) mass is 259 g/mol. The van der Waals surface area contributed by atoms with Crippen LogP contribution in [0.25, 0.3) is 0 Å². The molecular formula is C15H14FNO2. The SMILES string of the molecule is O=C(N[C@@H](CO)c1ccccc1)c1cccc(F)c1. The Balaban J connectivity index is 2.13. The minimum Gasteiger partial charge on any atom is -0.394 e. The highest BCUT2D eigenvalue weighted by Crippen LogP contribution is 2.13. The average molecular weight is 259 g/mol. The highest BCUT2D eigenvalue weighted by molar-refractivity contribution is 5.94. The van der Waals surface area contributed by atoms with Gasteiger partial charge in [-0.25, -0.2) is 4.39 Å². The molecule has 0 aliphatic heterocycles. The van der Waals surface area contributed by atoms with Crippen molar-refractivity contribution in [3.63, 3.8) is 0 Å². The summed E-state index contributed by atoms with van der Waals surface area (Å²) >= 11 is 0. The molecule has 0 bridgehead atoms. The molecular weight excluding hydrogens is 245 g/mol. The third-order valence-electron chi connectivity index (χ3n) is 2.78. The molecule has 1 atom stereocenters. The maximum absolute atomic E-state index is 13.0. The van der Waals surface area contributed by atoms with Crippen molar-refractivity contribution in [2.45, 2.75) is 6.04 Å². The van der Waals surface area contributed by atoms with Gasteiger partial charge in [0.2, 0.25) is 0 Å². The lowest BCUT2D eigenvalue weighted by atomic mass is 10.1. The van der Waals surface area contributed by atoms with Crippen LogP contribution in [0, 0.1) is 5.82 Å². The summed E-state index contributed by atoms with van der Waals surface area (Å²) in [5, 5.41) is 12.0. The van der Waals surface area contributed by atoms with Crippen LogP contribution in [0.4, 0.5) is 4.39 Å². The third kappa shape index (κ3) is 3.39. The molecule has 2 aromatic rings. The van der Waals surface area contributed by atoms with Gasteiger partial charge in [0.15, 0.2) is 0 Å². The Morgan fingerprint density at radius 3 is 2.53 bits per heavy atom. The van der Waals surface area contributed by atoms with Crippen molar-refractivity contribution in [1.29, 1.82) is 0 Å². The molecule has 0 unspecified atom stereocenters. The normalized spacial score (nSPS) is 11.9. The first-order chi connectivity index (χ1) is 9.20. The first kappa shape index (κ1) is 13.2. The van der Waals surface area contributed by atoms with Crippen molar-refractivity contribution >= 4 is 5.91 Å². The summed E-state index contributed by atoms with van der Waals surface area (Å²) in [7, 11) is 0. The maximum Gasteiger partial charge on any atom is 0.251 e. The van der Waals surface area contributed by atoms with Crippen LogP contribution in [0.3, 0.4) is 0 Å². The number of halogens is 1. The summed E-state index contributed by atoms with van der Waals surface area (Å²) in [6, 6.07) is 14.1. The fourth-order valence-electron chi connectivity index (χ4n) is 1.79. The van der Waals surface area contributed by atoms with E-state index in [0.29, 0.717) is 0 Å². The van der Waals surface area contributed by atoms with Gasteiger partial charge in [0.1, 0.15) is 5.82 Å². The van der Waals surface area contributed by atoms with E-state index in [4.69, 9.17) is 0 Å². The van der Waals surface area contributed by atoms with E-state index < -0.39 is 17.8 Å². The highest BCUT2D eigenvalue weighted by atomic mass is 19.1. The fraction of sp³-hybridized carbons (Fsp3) is 0.133. The van der Waals surface area contributed by atoms with Gasteiger partial charge in [0.05, 0.1) is 12.6 Å². The first-order valence-corrected chi connectivity index (χ1v) is 5.93. The van der Waals surface area contributed by atoms with E-state index in [1.807, 2.05) is 30.3 Å². The van der Waals surface area contributed by atoms with Gasteiger partial charge >= 0.3 is 0 Å². The average Bonchev–Trinajstić information content (AvgIpc) is 2.45. The molecule has 0 radical (unpaired) electrons. The van der Waals surface area contributed by atoms with Gasteiger partial charge in [-0.15, -0.1) is 0 Å². The number of aliphatic hydroxyl groups is 1. The standard InChI is InChI=1S/C15H14FNO2/c16-13-8-4-7-12(9-13)15(19)17-14(10-18)11-5-2-1-3-6-11/h1-9,14,18H,10H2,(H,17,19)/t14-/m0/s1. The van der Waals surface area contributed by atoms with E-state index in [1.54, 1.807) is 0 Å². The number of aliphatic hydroxyl groups excluding tert-OH is 1. The van der Waals surface area contributed by atoms with Crippen LogP contribution < -0.4 is 5.32 Å². The summed E-state index contributed by atoms with van der Waals surface area (Å²) in [6.45, 7) is -0.217. The van der Waals surface area contributed by atoms with Crippen LogP contribution in [-0.2, 0) is 0 Å². The van der Waals surface area contributed by atoms with Gasteiger partial charge in [-0.2, -0.15) is 0 Å². The lowest BCUT2D eigenvalue weighted by Gasteiger charge is -2.16. The Labute approximate surface area is 110 Å².